The van der Waals surface area contributed by atoms with Gasteiger partial charge in [0.15, 0.2) is 0 Å². The molecule has 3 rings (SSSR count). The monoisotopic (exact) mass is 394 g/mol. The molecule has 29 heavy (non-hydrogen) atoms. The molecule has 1 saturated heterocycles. The van der Waals surface area contributed by atoms with Crippen molar-refractivity contribution in [2.75, 3.05) is 21.3 Å². The lowest BCUT2D eigenvalue weighted by molar-refractivity contribution is -0.153. The standard InChI is InChI=1S/C22H22N2O5/c1-27-15-8-4-13(5-9-15)18-19(22(26)29-3)17(12-23)21(25)24-20(18)14-6-10-16(28-2)11-7-14/h4-11,17-20H,1-3H3,(H,24,25). The summed E-state index contributed by atoms with van der Waals surface area (Å²) in [4.78, 5) is 25.3. The van der Waals surface area contributed by atoms with Crippen LogP contribution in [0.3, 0.4) is 0 Å². The summed E-state index contributed by atoms with van der Waals surface area (Å²) in [5, 5.41) is 12.5. The number of carbonyl (C=O) groups excluding carboxylic acids is 2. The smallest absolute Gasteiger partial charge is 0.311 e. The lowest BCUT2D eigenvalue weighted by Crippen LogP contribution is -2.51. The second kappa shape index (κ2) is 8.65. The highest BCUT2D eigenvalue weighted by Crippen LogP contribution is 2.45. The summed E-state index contributed by atoms with van der Waals surface area (Å²) in [5.41, 5.74) is 1.59. The second-order valence-corrected chi connectivity index (χ2v) is 6.71. The van der Waals surface area contributed by atoms with Gasteiger partial charge in [0.25, 0.3) is 0 Å². The second-order valence-electron chi connectivity index (χ2n) is 6.71. The minimum Gasteiger partial charge on any atom is -0.497 e. The molecule has 0 radical (unpaired) electrons. The molecule has 1 fully saturated rings. The van der Waals surface area contributed by atoms with Crippen molar-refractivity contribution in [2.45, 2.75) is 12.0 Å². The van der Waals surface area contributed by atoms with Gasteiger partial charge in [0.2, 0.25) is 5.91 Å². The Hall–Kier alpha value is -3.53. The van der Waals surface area contributed by atoms with Crippen molar-refractivity contribution >= 4 is 11.9 Å². The summed E-state index contributed by atoms with van der Waals surface area (Å²) < 4.78 is 15.4. The molecular weight excluding hydrogens is 372 g/mol. The topological polar surface area (TPSA) is 97.7 Å². The number of amides is 1. The van der Waals surface area contributed by atoms with E-state index in [1.807, 2.05) is 30.3 Å². The SMILES string of the molecule is COC(=O)C1C(C#N)C(=O)NC(c2ccc(OC)cc2)C1c1ccc(OC)cc1. The third-order valence-electron chi connectivity index (χ3n) is 5.27. The molecule has 0 aromatic heterocycles. The van der Waals surface area contributed by atoms with Crippen molar-refractivity contribution in [3.05, 3.63) is 59.7 Å². The van der Waals surface area contributed by atoms with Crippen LogP contribution in [0.15, 0.2) is 48.5 Å². The maximum atomic E-state index is 12.7. The molecule has 1 heterocycles. The molecule has 7 nitrogen and oxygen atoms in total. The average molecular weight is 394 g/mol. The van der Waals surface area contributed by atoms with E-state index in [4.69, 9.17) is 14.2 Å². The predicted molar refractivity (Wildman–Crippen MR) is 104 cm³/mol. The van der Waals surface area contributed by atoms with Crippen molar-refractivity contribution in [1.82, 2.24) is 5.32 Å². The largest absolute Gasteiger partial charge is 0.497 e. The van der Waals surface area contributed by atoms with Crippen molar-refractivity contribution in [2.24, 2.45) is 11.8 Å². The van der Waals surface area contributed by atoms with Gasteiger partial charge in [-0.15, -0.1) is 0 Å². The number of nitrogens with zero attached hydrogens (tertiary/aromatic N) is 1. The van der Waals surface area contributed by atoms with Crippen LogP contribution in [0.25, 0.3) is 0 Å². The summed E-state index contributed by atoms with van der Waals surface area (Å²) in [6.07, 6.45) is 0. The lowest BCUT2D eigenvalue weighted by atomic mass is 9.69. The van der Waals surface area contributed by atoms with E-state index in [1.165, 1.54) is 7.11 Å². The van der Waals surface area contributed by atoms with Gasteiger partial charge in [-0.1, -0.05) is 24.3 Å². The van der Waals surface area contributed by atoms with E-state index in [2.05, 4.69) is 5.32 Å². The van der Waals surface area contributed by atoms with E-state index in [9.17, 15) is 14.9 Å². The lowest BCUT2D eigenvalue weighted by Gasteiger charge is -2.40. The number of benzene rings is 2. The van der Waals surface area contributed by atoms with Gasteiger partial charge < -0.3 is 19.5 Å². The number of rotatable bonds is 5. The fraction of sp³-hybridized carbons (Fsp3) is 0.318. The molecule has 7 heteroatoms. The predicted octanol–water partition coefficient (Wildman–Crippen LogP) is 2.59. The van der Waals surface area contributed by atoms with Gasteiger partial charge in [-0.2, -0.15) is 5.26 Å². The molecule has 0 saturated carbocycles. The van der Waals surface area contributed by atoms with E-state index in [0.29, 0.717) is 11.5 Å². The van der Waals surface area contributed by atoms with E-state index < -0.39 is 35.7 Å². The molecule has 1 aliphatic heterocycles. The van der Waals surface area contributed by atoms with Gasteiger partial charge in [-0.05, 0) is 35.4 Å². The first kappa shape index (κ1) is 20.2. The molecule has 1 amide bonds. The molecule has 0 aliphatic carbocycles. The zero-order valence-electron chi connectivity index (χ0n) is 16.4. The molecule has 0 bridgehead atoms. The van der Waals surface area contributed by atoms with Gasteiger partial charge in [-0.25, -0.2) is 0 Å². The first-order valence-corrected chi connectivity index (χ1v) is 9.09. The zero-order valence-corrected chi connectivity index (χ0v) is 16.4. The van der Waals surface area contributed by atoms with Crippen LogP contribution >= 0.6 is 0 Å². The Morgan fingerprint density at radius 1 is 0.931 bits per heavy atom. The van der Waals surface area contributed by atoms with Crippen LogP contribution in [0.5, 0.6) is 11.5 Å². The normalized spacial score (nSPS) is 23.4. The number of ether oxygens (including phenoxy) is 3. The number of hydrogen-bond donors (Lipinski definition) is 1. The molecule has 150 valence electrons. The van der Waals surface area contributed by atoms with E-state index in [-0.39, 0.29) is 0 Å². The number of carbonyl (C=O) groups is 2. The number of esters is 1. The molecule has 0 spiro atoms. The Labute approximate surface area is 169 Å². The third-order valence-corrected chi connectivity index (χ3v) is 5.27. The van der Waals surface area contributed by atoms with E-state index >= 15 is 0 Å². The summed E-state index contributed by atoms with van der Waals surface area (Å²) in [6.45, 7) is 0. The first-order valence-electron chi connectivity index (χ1n) is 9.09. The summed E-state index contributed by atoms with van der Waals surface area (Å²) in [6, 6.07) is 15.9. The van der Waals surface area contributed by atoms with Crippen molar-refractivity contribution in [3.8, 4) is 17.6 Å². The number of nitriles is 1. The average Bonchev–Trinajstić information content (AvgIpc) is 2.78. The Bertz CT molecular complexity index is 918. The van der Waals surface area contributed by atoms with Gasteiger partial charge in [-0.3, -0.25) is 9.59 Å². The molecule has 2 aromatic carbocycles. The van der Waals surface area contributed by atoms with Crippen molar-refractivity contribution in [1.29, 1.82) is 5.26 Å². The van der Waals surface area contributed by atoms with Crippen LogP contribution in [0, 0.1) is 23.2 Å². The highest BCUT2D eigenvalue weighted by Gasteiger charge is 2.49. The number of hydrogen-bond acceptors (Lipinski definition) is 6. The maximum Gasteiger partial charge on any atom is 0.311 e. The number of nitrogens with one attached hydrogen (secondary N) is 1. The highest BCUT2D eigenvalue weighted by atomic mass is 16.5. The molecular formula is C22H22N2O5. The van der Waals surface area contributed by atoms with Crippen LogP contribution < -0.4 is 14.8 Å². The van der Waals surface area contributed by atoms with Crippen molar-refractivity contribution in [3.63, 3.8) is 0 Å². The highest BCUT2D eigenvalue weighted by molar-refractivity contribution is 5.90. The molecule has 4 unspecified atom stereocenters. The fourth-order valence-electron chi connectivity index (χ4n) is 3.80. The minimum absolute atomic E-state index is 0.492. The Morgan fingerprint density at radius 3 is 1.90 bits per heavy atom. The first-order chi connectivity index (χ1) is 14.0. The zero-order chi connectivity index (χ0) is 21.0. The fourth-order valence-corrected chi connectivity index (χ4v) is 3.80. The van der Waals surface area contributed by atoms with Gasteiger partial charge in [0.05, 0.1) is 39.4 Å². The number of piperidine rings is 1. The number of methoxy groups -OCH3 is 3. The quantitative estimate of drug-likeness (QED) is 0.783. The molecule has 1 aliphatic rings. The Balaban J connectivity index is 2.13. The molecule has 4 atom stereocenters. The maximum absolute atomic E-state index is 12.7. The Kier molecular flexibility index (Phi) is 6.03. The molecule has 1 N–H and O–H groups in total. The summed E-state index contributed by atoms with van der Waals surface area (Å²) in [7, 11) is 4.40. The van der Waals surface area contributed by atoms with Gasteiger partial charge in [0, 0.05) is 5.92 Å². The summed E-state index contributed by atoms with van der Waals surface area (Å²) >= 11 is 0. The van der Waals surface area contributed by atoms with Crippen LogP contribution in [-0.2, 0) is 14.3 Å². The van der Waals surface area contributed by atoms with Crippen LogP contribution in [0.2, 0.25) is 0 Å². The van der Waals surface area contributed by atoms with E-state index in [0.717, 1.165) is 11.1 Å². The van der Waals surface area contributed by atoms with Crippen molar-refractivity contribution < 1.29 is 23.8 Å². The Morgan fingerprint density at radius 2 is 1.45 bits per heavy atom. The van der Waals surface area contributed by atoms with Crippen LogP contribution in [-0.4, -0.2) is 33.2 Å². The third kappa shape index (κ3) is 3.87. The minimum atomic E-state index is -1.15. The van der Waals surface area contributed by atoms with E-state index in [1.54, 1.807) is 38.5 Å². The van der Waals surface area contributed by atoms with Crippen LogP contribution in [0.1, 0.15) is 23.1 Å². The van der Waals surface area contributed by atoms with Crippen LogP contribution in [0.4, 0.5) is 0 Å². The van der Waals surface area contributed by atoms with Gasteiger partial charge >= 0.3 is 5.97 Å². The van der Waals surface area contributed by atoms with Gasteiger partial charge in [0.1, 0.15) is 17.4 Å². The summed E-state index contributed by atoms with van der Waals surface area (Å²) in [5.74, 6) is -2.33. The molecule has 2 aromatic rings.